The van der Waals surface area contributed by atoms with E-state index < -0.39 is 92.7 Å². The van der Waals surface area contributed by atoms with Crippen molar-refractivity contribution in [3.63, 3.8) is 0 Å². The Morgan fingerprint density at radius 2 is 0.803 bits per heavy atom. The van der Waals surface area contributed by atoms with Crippen molar-refractivity contribution in [1.29, 1.82) is 0 Å². The van der Waals surface area contributed by atoms with E-state index in [9.17, 15) is 45.3 Å². The maximum atomic E-state index is 13.1. The molecule has 15 nitrogen and oxygen atoms in total. The van der Waals surface area contributed by atoms with Gasteiger partial charge in [0.15, 0.2) is 18.7 Å². The van der Waals surface area contributed by atoms with Crippen molar-refractivity contribution in [1.82, 2.24) is 0 Å². The molecule has 0 aromatic rings. The van der Waals surface area contributed by atoms with E-state index in [4.69, 9.17) is 28.4 Å². The highest BCUT2D eigenvalue weighted by Crippen LogP contribution is 2.27. The van der Waals surface area contributed by atoms with E-state index in [2.05, 4.69) is 26.0 Å². The predicted molar refractivity (Wildman–Crippen MR) is 275 cm³/mol. The summed E-state index contributed by atoms with van der Waals surface area (Å²) < 4.78 is 33.7. The van der Waals surface area contributed by atoms with Crippen LogP contribution in [0.3, 0.4) is 0 Å². The van der Waals surface area contributed by atoms with Crippen molar-refractivity contribution >= 4 is 11.9 Å². The van der Waals surface area contributed by atoms with Gasteiger partial charge < -0.3 is 64.2 Å². The summed E-state index contributed by atoms with van der Waals surface area (Å²) in [6.45, 7) is 2.63. The second-order valence-corrected chi connectivity index (χ2v) is 20.5. The number of esters is 2. The molecule has 15 heteroatoms. The summed E-state index contributed by atoms with van der Waals surface area (Å²) in [5.41, 5.74) is 0. The number of hydrogen-bond donors (Lipinski definition) is 7. The lowest BCUT2D eigenvalue weighted by Gasteiger charge is -2.42. The minimum atomic E-state index is -1.76. The highest BCUT2D eigenvalue weighted by atomic mass is 16.7. The zero-order chi connectivity index (χ0) is 51.7. The van der Waals surface area contributed by atoms with Crippen LogP contribution in [0.5, 0.6) is 0 Å². The summed E-state index contributed by atoms with van der Waals surface area (Å²) in [5, 5.41) is 72.2. The highest BCUT2D eigenvalue weighted by Gasteiger charge is 2.47. The molecular formula is C56H104O15. The molecule has 0 bridgehead atoms. The molecule has 2 heterocycles. The summed E-state index contributed by atoms with van der Waals surface area (Å²) >= 11 is 0. The molecule has 418 valence electrons. The van der Waals surface area contributed by atoms with E-state index >= 15 is 0 Å². The monoisotopic (exact) mass is 1020 g/mol. The van der Waals surface area contributed by atoms with Gasteiger partial charge in [-0.2, -0.15) is 0 Å². The Balaban J connectivity index is 1.76. The average Bonchev–Trinajstić information content (AvgIpc) is 3.36. The Kier molecular flexibility index (Phi) is 40.0. The second-order valence-electron chi connectivity index (χ2n) is 20.5. The smallest absolute Gasteiger partial charge is 0.306 e. The van der Waals surface area contributed by atoms with Gasteiger partial charge in [0.1, 0.15) is 55.4 Å². The summed E-state index contributed by atoms with van der Waals surface area (Å²) in [6, 6.07) is 0. The topological polar surface area (TPSA) is 231 Å². The molecule has 0 aliphatic carbocycles. The first kappa shape index (κ1) is 65.4. The molecule has 4 unspecified atom stereocenters. The fourth-order valence-corrected chi connectivity index (χ4v) is 9.27. The molecule has 0 aromatic carbocycles. The lowest BCUT2D eigenvalue weighted by atomic mass is 9.98. The number of carbonyl (C=O) groups is 2. The van der Waals surface area contributed by atoms with E-state index in [1.54, 1.807) is 0 Å². The average molecular weight is 1020 g/mol. The van der Waals surface area contributed by atoms with Crippen LogP contribution in [0.15, 0.2) is 12.2 Å². The largest absolute Gasteiger partial charge is 0.462 e. The van der Waals surface area contributed by atoms with Gasteiger partial charge in [-0.1, -0.05) is 199 Å². The molecule has 2 aliphatic heterocycles. The van der Waals surface area contributed by atoms with Gasteiger partial charge in [0, 0.05) is 12.8 Å². The number of allylic oxidation sites excluding steroid dienone is 2. The first-order chi connectivity index (χ1) is 34.5. The number of carbonyl (C=O) groups excluding carboxylic acids is 2. The van der Waals surface area contributed by atoms with Crippen LogP contribution in [0.1, 0.15) is 239 Å². The molecule has 11 atom stereocenters. The van der Waals surface area contributed by atoms with Crippen molar-refractivity contribution in [3.05, 3.63) is 12.2 Å². The van der Waals surface area contributed by atoms with Gasteiger partial charge in [-0.05, 0) is 38.5 Å². The van der Waals surface area contributed by atoms with Gasteiger partial charge in [-0.25, -0.2) is 0 Å². The lowest BCUT2D eigenvalue weighted by Crippen LogP contribution is -2.61. The molecule has 0 aromatic heterocycles. The third-order valence-electron chi connectivity index (χ3n) is 14.0. The van der Waals surface area contributed by atoms with Crippen LogP contribution in [-0.4, -0.2) is 142 Å². The molecule has 0 radical (unpaired) electrons. The molecule has 0 saturated carbocycles. The van der Waals surface area contributed by atoms with Crippen molar-refractivity contribution in [2.45, 2.75) is 306 Å². The van der Waals surface area contributed by atoms with Gasteiger partial charge >= 0.3 is 11.9 Å². The quantitative estimate of drug-likeness (QED) is 0.0171. The molecular weight excluding hydrogens is 913 g/mol. The minimum absolute atomic E-state index is 0.171. The number of rotatable bonds is 46. The lowest BCUT2D eigenvalue weighted by molar-refractivity contribution is -0.332. The number of aliphatic hydroxyl groups is 7. The van der Waals surface area contributed by atoms with Gasteiger partial charge in [-0.3, -0.25) is 9.59 Å². The Labute approximate surface area is 429 Å². The molecule has 7 N–H and O–H groups in total. The number of aliphatic hydroxyl groups excluding tert-OH is 7. The number of hydrogen-bond acceptors (Lipinski definition) is 15. The number of unbranched alkanes of at least 4 members (excludes halogenated alkanes) is 30. The molecule has 2 saturated heterocycles. The van der Waals surface area contributed by atoms with Gasteiger partial charge in [0.05, 0.1) is 19.8 Å². The predicted octanol–water partition coefficient (Wildman–Crippen LogP) is 9.33. The summed E-state index contributed by atoms with van der Waals surface area (Å²) in [4.78, 5) is 25.9. The van der Waals surface area contributed by atoms with Crippen LogP contribution in [0.4, 0.5) is 0 Å². The zero-order valence-corrected chi connectivity index (χ0v) is 44.5. The van der Waals surface area contributed by atoms with Gasteiger partial charge in [0.25, 0.3) is 0 Å². The maximum absolute atomic E-state index is 13.1. The van der Waals surface area contributed by atoms with Crippen molar-refractivity contribution < 1.29 is 73.8 Å². The summed E-state index contributed by atoms with van der Waals surface area (Å²) in [5.74, 6) is -0.915. The van der Waals surface area contributed by atoms with Gasteiger partial charge in [0.2, 0.25) is 0 Å². The van der Waals surface area contributed by atoms with E-state index in [0.29, 0.717) is 12.8 Å². The SMILES string of the molecule is CCCCCCCC/C=C/CCCCCCCCCC(=O)OC[C@H](CO[C@H]1O[C@@H](CO[C@H]2O[C@@H](CO)[C@@H](O)C(O)C2O)[C@@H](O)C(O)C1O)OC(=O)CCCCCCCCCCCCCCCCCCCC. The van der Waals surface area contributed by atoms with Crippen molar-refractivity contribution in [2.75, 3.05) is 26.4 Å². The molecule has 2 fully saturated rings. The molecule has 2 aliphatic rings. The Morgan fingerprint density at radius 1 is 0.437 bits per heavy atom. The van der Waals surface area contributed by atoms with Crippen LogP contribution >= 0.6 is 0 Å². The maximum Gasteiger partial charge on any atom is 0.306 e. The van der Waals surface area contributed by atoms with Crippen LogP contribution in [0, 0.1) is 0 Å². The second kappa shape index (κ2) is 43.5. The number of ether oxygens (including phenoxy) is 6. The summed E-state index contributed by atoms with van der Waals surface area (Å²) in [7, 11) is 0. The van der Waals surface area contributed by atoms with Gasteiger partial charge in [-0.15, -0.1) is 0 Å². The van der Waals surface area contributed by atoms with E-state index in [0.717, 1.165) is 44.9 Å². The molecule has 71 heavy (non-hydrogen) atoms. The first-order valence-corrected chi connectivity index (χ1v) is 28.8. The van der Waals surface area contributed by atoms with E-state index in [1.807, 2.05) is 0 Å². The third-order valence-corrected chi connectivity index (χ3v) is 14.0. The fourth-order valence-electron chi connectivity index (χ4n) is 9.27. The molecule has 0 amide bonds. The Bertz CT molecular complexity index is 1290. The third kappa shape index (κ3) is 31.0. The van der Waals surface area contributed by atoms with E-state index in [-0.39, 0.29) is 26.1 Å². The summed E-state index contributed by atoms with van der Waals surface area (Å²) in [6.07, 6.45) is 28.0. The van der Waals surface area contributed by atoms with Crippen LogP contribution < -0.4 is 0 Å². The Morgan fingerprint density at radius 3 is 1.24 bits per heavy atom. The molecule has 2 rings (SSSR count). The zero-order valence-electron chi connectivity index (χ0n) is 44.5. The van der Waals surface area contributed by atoms with Crippen molar-refractivity contribution in [3.8, 4) is 0 Å². The van der Waals surface area contributed by atoms with Crippen LogP contribution in [0.2, 0.25) is 0 Å². The van der Waals surface area contributed by atoms with Crippen molar-refractivity contribution in [2.24, 2.45) is 0 Å². The minimum Gasteiger partial charge on any atom is -0.462 e. The standard InChI is InChI=1S/C56H104O15/c1-3-5-7-9-11-13-15-17-19-21-23-25-27-29-31-33-35-37-39-48(59)69-44(41-66-47(58)38-36-34-32-30-28-26-24-22-20-18-16-14-12-10-8-6-4-2)42-67-55-54(65)52(63)50(61)46(71-55)43-68-56-53(64)51(62)49(60)45(40-57)70-56/h18,20,44-46,49-57,60-65H,3-17,19,21-43H2,1-2H3/b20-18+/t44-,45+,46+,49-,50-,51?,52?,53?,54?,55+,56+/m1/s1. The van der Waals surface area contributed by atoms with Crippen LogP contribution in [0.25, 0.3) is 0 Å². The first-order valence-electron chi connectivity index (χ1n) is 28.8. The van der Waals surface area contributed by atoms with Crippen LogP contribution in [-0.2, 0) is 38.0 Å². The fraction of sp³-hybridized carbons (Fsp3) is 0.929. The Hall–Kier alpha value is -1.76. The molecule has 0 spiro atoms. The van der Waals surface area contributed by atoms with E-state index in [1.165, 1.54) is 154 Å². The highest BCUT2D eigenvalue weighted by molar-refractivity contribution is 5.70. The normalized spacial score (nSPS) is 25.2.